The molecule has 2 atom stereocenters. The number of amides is 2. The van der Waals surface area contributed by atoms with Crippen LogP contribution >= 0.6 is 11.3 Å². The monoisotopic (exact) mass is 399 g/mol. The lowest BCUT2D eigenvalue weighted by Crippen LogP contribution is -2.40. The number of likely N-dealkylation sites (tertiary alicyclic amines) is 2. The van der Waals surface area contributed by atoms with E-state index in [1.807, 2.05) is 39.9 Å². The quantitative estimate of drug-likeness (QED) is 0.788. The molecule has 0 bridgehead atoms. The van der Waals surface area contributed by atoms with E-state index < -0.39 is 5.41 Å². The number of hydrogen-bond acceptors (Lipinski definition) is 5. The standard InChI is InChI=1S/C20H25N5O2S/c1-13-22-15(10-28-13)7-24-6-5-20(19(24)27)11-25(18(26)14-3-4-14)8-16(20)17-9-23(2)12-21-17/h9-10,12,14,16H,3-8,11H2,1-2H3/t16-,20-/m0/s1. The minimum atomic E-state index is -0.552. The van der Waals surface area contributed by atoms with Gasteiger partial charge in [0, 0.05) is 50.1 Å². The van der Waals surface area contributed by atoms with E-state index in [4.69, 9.17) is 0 Å². The minimum absolute atomic E-state index is 0.0360. The average Bonchev–Trinajstić information content (AvgIpc) is 2.96. The number of aromatic nitrogens is 3. The highest BCUT2D eigenvalue weighted by molar-refractivity contribution is 7.09. The van der Waals surface area contributed by atoms with E-state index in [-0.39, 0.29) is 23.7 Å². The average molecular weight is 400 g/mol. The molecule has 2 saturated heterocycles. The number of carbonyl (C=O) groups excluding carboxylic acids is 2. The van der Waals surface area contributed by atoms with Crippen molar-refractivity contribution in [3.05, 3.63) is 34.3 Å². The van der Waals surface area contributed by atoms with Gasteiger partial charge in [0.1, 0.15) is 0 Å². The highest BCUT2D eigenvalue weighted by Gasteiger charge is 2.59. The lowest BCUT2D eigenvalue weighted by atomic mass is 9.75. The molecule has 0 unspecified atom stereocenters. The fourth-order valence-electron chi connectivity index (χ4n) is 4.81. The Balaban J connectivity index is 1.44. The first-order valence-electron chi connectivity index (χ1n) is 9.93. The first-order chi connectivity index (χ1) is 13.5. The summed E-state index contributed by atoms with van der Waals surface area (Å²) in [5.74, 6) is 0.510. The largest absolute Gasteiger partial charge is 0.341 e. The summed E-state index contributed by atoms with van der Waals surface area (Å²) in [6, 6.07) is 0. The zero-order valence-electron chi connectivity index (χ0n) is 16.3. The van der Waals surface area contributed by atoms with Crippen molar-refractivity contribution in [1.82, 2.24) is 24.3 Å². The maximum atomic E-state index is 13.6. The summed E-state index contributed by atoms with van der Waals surface area (Å²) in [6.45, 7) is 4.37. The third kappa shape index (κ3) is 2.85. The normalized spacial score (nSPS) is 27.4. The van der Waals surface area contributed by atoms with Gasteiger partial charge in [-0.3, -0.25) is 9.59 Å². The summed E-state index contributed by atoms with van der Waals surface area (Å²) >= 11 is 1.61. The van der Waals surface area contributed by atoms with Crippen LogP contribution in [0.3, 0.4) is 0 Å². The molecule has 2 aromatic heterocycles. The van der Waals surface area contributed by atoms with Gasteiger partial charge in [-0.1, -0.05) is 0 Å². The molecule has 1 aliphatic carbocycles. The summed E-state index contributed by atoms with van der Waals surface area (Å²) in [5, 5.41) is 3.05. The molecule has 0 radical (unpaired) electrons. The fraction of sp³-hybridized carbons (Fsp3) is 0.600. The maximum absolute atomic E-state index is 13.6. The third-order valence-electron chi connectivity index (χ3n) is 6.42. The number of thiazole rings is 1. The Labute approximate surface area is 168 Å². The van der Waals surface area contributed by atoms with Crippen LogP contribution in [0.5, 0.6) is 0 Å². The number of hydrogen-bond donors (Lipinski definition) is 0. The number of nitrogens with zero attached hydrogens (tertiary/aromatic N) is 5. The molecule has 7 nitrogen and oxygen atoms in total. The van der Waals surface area contributed by atoms with Crippen LogP contribution in [0.2, 0.25) is 0 Å². The van der Waals surface area contributed by atoms with Gasteiger partial charge in [0.2, 0.25) is 11.8 Å². The molecule has 3 aliphatic rings. The Morgan fingerprint density at radius 1 is 1.39 bits per heavy atom. The van der Waals surface area contributed by atoms with Crippen molar-refractivity contribution in [1.29, 1.82) is 0 Å². The molecule has 148 valence electrons. The van der Waals surface area contributed by atoms with Gasteiger partial charge in [0.15, 0.2) is 0 Å². The number of carbonyl (C=O) groups is 2. The van der Waals surface area contributed by atoms with Crippen LogP contribution < -0.4 is 0 Å². The molecule has 8 heteroatoms. The lowest BCUT2D eigenvalue weighted by molar-refractivity contribution is -0.137. The summed E-state index contributed by atoms with van der Waals surface area (Å²) in [7, 11) is 1.94. The van der Waals surface area contributed by atoms with Gasteiger partial charge >= 0.3 is 0 Å². The Bertz CT molecular complexity index is 933. The Kier molecular flexibility index (Phi) is 4.08. The van der Waals surface area contributed by atoms with E-state index in [0.29, 0.717) is 26.2 Å². The highest BCUT2D eigenvalue weighted by Crippen LogP contribution is 2.50. The van der Waals surface area contributed by atoms with Crippen LogP contribution in [0.4, 0.5) is 0 Å². The predicted molar refractivity (Wildman–Crippen MR) is 105 cm³/mol. The molecule has 1 saturated carbocycles. The van der Waals surface area contributed by atoms with Crippen LogP contribution in [-0.2, 0) is 23.2 Å². The van der Waals surface area contributed by atoms with Gasteiger partial charge in [-0.25, -0.2) is 9.97 Å². The second-order valence-corrected chi connectivity index (χ2v) is 9.56. The van der Waals surface area contributed by atoms with Crippen molar-refractivity contribution in [2.24, 2.45) is 18.4 Å². The topological polar surface area (TPSA) is 71.3 Å². The molecule has 2 aromatic rings. The first kappa shape index (κ1) is 17.8. The van der Waals surface area contributed by atoms with Crippen molar-refractivity contribution in [3.8, 4) is 0 Å². The second-order valence-electron chi connectivity index (χ2n) is 8.50. The number of rotatable bonds is 4. The Morgan fingerprint density at radius 2 is 2.21 bits per heavy atom. The minimum Gasteiger partial charge on any atom is -0.341 e. The summed E-state index contributed by atoms with van der Waals surface area (Å²) in [5.41, 5.74) is 1.32. The summed E-state index contributed by atoms with van der Waals surface area (Å²) in [6.07, 6.45) is 6.52. The van der Waals surface area contributed by atoms with Crippen LogP contribution in [0, 0.1) is 18.3 Å². The Morgan fingerprint density at radius 3 is 2.86 bits per heavy atom. The molecule has 5 rings (SSSR count). The van der Waals surface area contributed by atoms with Gasteiger partial charge in [0.25, 0.3) is 0 Å². The van der Waals surface area contributed by atoms with Crippen LogP contribution in [0.1, 0.15) is 41.6 Å². The van der Waals surface area contributed by atoms with Crippen LogP contribution in [0.25, 0.3) is 0 Å². The molecule has 1 spiro atoms. The van der Waals surface area contributed by atoms with Crippen molar-refractivity contribution in [2.75, 3.05) is 19.6 Å². The predicted octanol–water partition coefficient (Wildman–Crippen LogP) is 1.94. The molecule has 3 fully saturated rings. The summed E-state index contributed by atoms with van der Waals surface area (Å²) in [4.78, 5) is 39.3. The highest BCUT2D eigenvalue weighted by atomic mass is 32.1. The number of aryl methyl sites for hydroxylation is 2. The van der Waals surface area contributed by atoms with Crippen LogP contribution in [0.15, 0.2) is 17.9 Å². The summed E-state index contributed by atoms with van der Waals surface area (Å²) < 4.78 is 1.92. The molecule has 28 heavy (non-hydrogen) atoms. The first-order valence-corrected chi connectivity index (χ1v) is 10.8. The molecule has 0 N–H and O–H groups in total. The van der Waals surface area contributed by atoms with E-state index in [2.05, 4.69) is 9.97 Å². The molecule has 2 amide bonds. The van der Waals surface area contributed by atoms with Gasteiger partial charge in [-0.05, 0) is 26.2 Å². The number of imidazole rings is 1. The van der Waals surface area contributed by atoms with Crippen molar-refractivity contribution in [2.45, 2.75) is 38.6 Å². The fourth-order valence-corrected chi connectivity index (χ4v) is 5.42. The van der Waals surface area contributed by atoms with E-state index in [9.17, 15) is 9.59 Å². The van der Waals surface area contributed by atoms with Gasteiger partial charge < -0.3 is 14.4 Å². The van der Waals surface area contributed by atoms with Gasteiger partial charge in [-0.15, -0.1) is 11.3 Å². The molecule has 0 aromatic carbocycles. The van der Waals surface area contributed by atoms with Gasteiger partial charge in [-0.2, -0.15) is 0 Å². The van der Waals surface area contributed by atoms with E-state index in [0.717, 1.165) is 35.7 Å². The third-order valence-corrected chi connectivity index (χ3v) is 7.25. The molecular formula is C20H25N5O2S. The van der Waals surface area contributed by atoms with E-state index >= 15 is 0 Å². The van der Waals surface area contributed by atoms with E-state index in [1.165, 1.54) is 0 Å². The Hall–Kier alpha value is -2.22. The lowest BCUT2D eigenvalue weighted by Gasteiger charge is -2.27. The van der Waals surface area contributed by atoms with Crippen molar-refractivity contribution >= 4 is 23.2 Å². The zero-order chi connectivity index (χ0) is 19.5. The zero-order valence-corrected chi connectivity index (χ0v) is 17.1. The maximum Gasteiger partial charge on any atom is 0.231 e. The molecule has 4 heterocycles. The molecular weight excluding hydrogens is 374 g/mol. The SMILES string of the molecule is Cc1nc(CN2CC[C@@]3(CN(C(=O)C4CC4)C[C@H]3c3cn(C)cn3)C2=O)cs1. The van der Waals surface area contributed by atoms with Gasteiger partial charge in [0.05, 0.1) is 34.7 Å². The molecule has 2 aliphatic heterocycles. The second kappa shape index (κ2) is 6.40. The van der Waals surface area contributed by atoms with E-state index in [1.54, 1.807) is 17.7 Å². The van der Waals surface area contributed by atoms with Crippen molar-refractivity contribution < 1.29 is 9.59 Å². The van der Waals surface area contributed by atoms with Crippen LogP contribution in [-0.4, -0.2) is 55.8 Å². The smallest absolute Gasteiger partial charge is 0.231 e. The van der Waals surface area contributed by atoms with Crippen molar-refractivity contribution in [3.63, 3.8) is 0 Å².